The fraction of sp³-hybridized carbons (Fsp3) is 0.500. The number of amides is 1. The van der Waals surface area contributed by atoms with Gasteiger partial charge in [-0.1, -0.05) is 0 Å². The Balaban J connectivity index is 0.00000261. The smallest absolute Gasteiger partial charge is 0.224 e. The number of halogens is 1. The standard InChI is InChI=1S/C18H25N5OS2.HI/c1-12-13(2)26-16(22-12)10-21-18(19-3)20-7-4-17(24)23-8-5-15-14(11-23)6-9-25-15;/h6,9H,4-5,7-8,10-11H2,1-3H3,(H2,19,20,21);1H. The minimum Gasteiger partial charge on any atom is -0.356 e. The molecule has 3 rings (SSSR count). The number of rotatable bonds is 5. The maximum absolute atomic E-state index is 12.4. The van der Waals surface area contributed by atoms with E-state index in [9.17, 15) is 4.79 Å². The first-order valence-corrected chi connectivity index (χ1v) is 10.5. The second-order valence-electron chi connectivity index (χ2n) is 6.29. The number of aliphatic imine (C=N–C) groups is 1. The Hall–Kier alpha value is -1.20. The lowest BCUT2D eigenvalue weighted by Crippen LogP contribution is -2.40. The van der Waals surface area contributed by atoms with Gasteiger partial charge in [0.1, 0.15) is 5.01 Å². The first-order valence-electron chi connectivity index (χ1n) is 8.77. The normalized spacial score (nSPS) is 13.7. The molecule has 0 atom stereocenters. The molecule has 0 aliphatic carbocycles. The summed E-state index contributed by atoms with van der Waals surface area (Å²) in [6.07, 6.45) is 1.44. The SMILES string of the molecule is CN=C(NCCC(=O)N1CCc2sccc2C1)NCc1nc(C)c(C)s1.I. The van der Waals surface area contributed by atoms with Gasteiger partial charge in [0.25, 0.3) is 0 Å². The second-order valence-corrected chi connectivity index (χ2v) is 8.57. The average Bonchev–Trinajstić information content (AvgIpc) is 3.23. The molecule has 0 radical (unpaired) electrons. The molecule has 0 fully saturated rings. The molecule has 0 saturated heterocycles. The summed E-state index contributed by atoms with van der Waals surface area (Å²) in [4.78, 5) is 25.8. The number of carbonyl (C=O) groups is 1. The molecule has 0 aromatic carbocycles. The van der Waals surface area contributed by atoms with Gasteiger partial charge >= 0.3 is 0 Å². The molecule has 6 nitrogen and oxygen atoms in total. The highest BCUT2D eigenvalue weighted by Crippen LogP contribution is 2.24. The number of thiophene rings is 1. The Labute approximate surface area is 185 Å². The van der Waals surface area contributed by atoms with Crippen LogP contribution in [0.2, 0.25) is 0 Å². The maximum Gasteiger partial charge on any atom is 0.224 e. The van der Waals surface area contributed by atoms with Crippen molar-refractivity contribution in [2.75, 3.05) is 20.1 Å². The van der Waals surface area contributed by atoms with Crippen molar-refractivity contribution in [3.8, 4) is 0 Å². The molecule has 2 N–H and O–H groups in total. The minimum atomic E-state index is 0. The van der Waals surface area contributed by atoms with Gasteiger partial charge in [-0.2, -0.15) is 0 Å². The molecule has 2 aromatic rings. The summed E-state index contributed by atoms with van der Waals surface area (Å²) in [6.45, 7) is 6.87. The Morgan fingerprint density at radius 3 is 2.89 bits per heavy atom. The van der Waals surface area contributed by atoms with Crippen LogP contribution in [-0.2, 0) is 24.3 Å². The molecule has 27 heavy (non-hydrogen) atoms. The Bertz CT molecular complexity index is 782. The number of hydrogen-bond acceptors (Lipinski definition) is 5. The number of fused-ring (bicyclic) bond motifs is 1. The third-order valence-corrected chi connectivity index (χ3v) is 6.59. The molecule has 148 valence electrons. The maximum atomic E-state index is 12.4. The number of aryl methyl sites for hydroxylation is 2. The van der Waals surface area contributed by atoms with E-state index in [0.717, 1.165) is 30.2 Å². The molecule has 0 spiro atoms. The van der Waals surface area contributed by atoms with Gasteiger partial charge in [-0.3, -0.25) is 9.79 Å². The molecule has 3 heterocycles. The van der Waals surface area contributed by atoms with Crippen LogP contribution in [0.1, 0.15) is 32.4 Å². The van der Waals surface area contributed by atoms with Crippen molar-refractivity contribution < 1.29 is 4.79 Å². The summed E-state index contributed by atoms with van der Waals surface area (Å²) in [6, 6.07) is 2.13. The fourth-order valence-corrected chi connectivity index (χ4v) is 4.67. The predicted octanol–water partition coefficient (Wildman–Crippen LogP) is 3.08. The van der Waals surface area contributed by atoms with Gasteiger partial charge in [0.05, 0.1) is 12.2 Å². The number of nitrogens with zero attached hydrogens (tertiary/aromatic N) is 3. The highest BCUT2D eigenvalue weighted by Gasteiger charge is 2.21. The van der Waals surface area contributed by atoms with E-state index in [0.29, 0.717) is 25.5 Å². The van der Waals surface area contributed by atoms with Crippen molar-refractivity contribution in [2.24, 2.45) is 4.99 Å². The van der Waals surface area contributed by atoms with Crippen LogP contribution in [0.5, 0.6) is 0 Å². The van der Waals surface area contributed by atoms with Gasteiger partial charge in [-0.05, 0) is 37.3 Å². The fourth-order valence-electron chi connectivity index (χ4n) is 2.90. The zero-order valence-electron chi connectivity index (χ0n) is 15.9. The van der Waals surface area contributed by atoms with Crippen LogP contribution < -0.4 is 10.6 Å². The van der Waals surface area contributed by atoms with Gasteiger partial charge in [0.2, 0.25) is 5.91 Å². The van der Waals surface area contributed by atoms with Gasteiger partial charge in [0, 0.05) is 42.9 Å². The molecular formula is C18H26IN5OS2. The molecule has 1 amide bonds. The van der Waals surface area contributed by atoms with Crippen LogP contribution >= 0.6 is 46.7 Å². The zero-order chi connectivity index (χ0) is 18.5. The summed E-state index contributed by atoms with van der Waals surface area (Å²) in [7, 11) is 1.73. The third kappa shape index (κ3) is 5.89. The van der Waals surface area contributed by atoms with E-state index in [4.69, 9.17) is 0 Å². The molecule has 0 saturated carbocycles. The lowest BCUT2D eigenvalue weighted by molar-refractivity contribution is -0.131. The van der Waals surface area contributed by atoms with Crippen molar-refractivity contribution >= 4 is 58.5 Å². The van der Waals surface area contributed by atoms with E-state index in [1.54, 1.807) is 29.7 Å². The Morgan fingerprint density at radius 2 is 2.19 bits per heavy atom. The molecule has 0 bridgehead atoms. The number of thiazole rings is 1. The number of hydrogen-bond donors (Lipinski definition) is 2. The highest BCUT2D eigenvalue weighted by atomic mass is 127. The van der Waals surface area contributed by atoms with Crippen molar-refractivity contribution in [2.45, 2.75) is 39.8 Å². The zero-order valence-corrected chi connectivity index (χ0v) is 19.8. The van der Waals surface area contributed by atoms with Crippen molar-refractivity contribution in [3.63, 3.8) is 0 Å². The number of carbonyl (C=O) groups excluding carboxylic acids is 1. The van der Waals surface area contributed by atoms with Gasteiger partial charge < -0.3 is 15.5 Å². The number of guanidine groups is 1. The summed E-state index contributed by atoms with van der Waals surface area (Å²) in [5, 5.41) is 9.62. The summed E-state index contributed by atoms with van der Waals surface area (Å²) in [5.41, 5.74) is 2.38. The lowest BCUT2D eigenvalue weighted by atomic mass is 10.1. The Morgan fingerprint density at radius 1 is 1.37 bits per heavy atom. The molecule has 2 aromatic heterocycles. The average molecular weight is 519 g/mol. The van der Waals surface area contributed by atoms with Crippen LogP contribution in [0.3, 0.4) is 0 Å². The first kappa shape index (κ1) is 22.1. The summed E-state index contributed by atoms with van der Waals surface area (Å²) in [5.74, 6) is 0.887. The van der Waals surface area contributed by atoms with Crippen LogP contribution in [0.4, 0.5) is 0 Å². The minimum absolute atomic E-state index is 0. The summed E-state index contributed by atoms with van der Waals surface area (Å²) < 4.78 is 0. The van der Waals surface area contributed by atoms with Gasteiger partial charge in [0.15, 0.2) is 5.96 Å². The predicted molar refractivity (Wildman–Crippen MR) is 123 cm³/mol. The second kappa shape index (κ2) is 10.4. The van der Waals surface area contributed by atoms with Crippen molar-refractivity contribution in [3.05, 3.63) is 37.5 Å². The van der Waals surface area contributed by atoms with Crippen LogP contribution in [0.15, 0.2) is 16.4 Å². The number of aromatic nitrogens is 1. The third-order valence-electron chi connectivity index (χ3n) is 4.50. The van der Waals surface area contributed by atoms with E-state index in [2.05, 4.69) is 39.0 Å². The number of nitrogens with one attached hydrogen (secondary N) is 2. The molecule has 1 aliphatic rings. The topological polar surface area (TPSA) is 69.6 Å². The quantitative estimate of drug-likeness (QED) is 0.362. The van der Waals surface area contributed by atoms with E-state index in [-0.39, 0.29) is 29.9 Å². The van der Waals surface area contributed by atoms with E-state index < -0.39 is 0 Å². The van der Waals surface area contributed by atoms with Crippen LogP contribution in [-0.4, -0.2) is 41.9 Å². The monoisotopic (exact) mass is 519 g/mol. The van der Waals surface area contributed by atoms with Gasteiger partial charge in [-0.25, -0.2) is 4.98 Å². The van der Waals surface area contributed by atoms with Crippen molar-refractivity contribution in [1.29, 1.82) is 0 Å². The van der Waals surface area contributed by atoms with E-state index in [1.807, 2.05) is 11.8 Å². The Kier molecular flexibility index (Phi) is 8.49. The lowest BCUT2D eigenvalue weighted by Gasteiger charge is -2.27. The van der Waals surface area contributed by atoms with E-state index in [1.165, 1.54) is 15.3 Å². The van der Waals surface area contributed by atoms with Crippen molar-refractivity contribution in [1.82, 2.24) is 20.5 Å². The van der Waals surface area contributed by atoms with Crippen LogP contribution in [0.25, 0.3) is 0 Å². The van der Waals surface area contributed by atoms with E-state index >= 15 is 0 Å². The molecule has 1 aliphatic heterocycles. The highest BCUT2D eigenvalue weighted by molar-refractivity contribution is 14.0. The molecule has 0 unspecified atom stereocenters. The molecule has 9 heteroatoms. The molecular weight excluding hydrogens is 493 g/mol. The van der Waals surface area contributed by atoms with Gasteiger partial charge in [-0.15, -0.1) is 46.7 Å². The first-order chi connectivity index (χ1) is 12.6. The largest absolute Gasteiger partial charge is 0.356 e. The summed E-state index contributed by atoms with van der Waals surface area (Å²) >= 11 is 3.48. The van der Waals surface area contributed by atoms with Crippen LogP contribution in [0, 0.1) is 13.8 Å².